The Hall–Kier alpha value is -3.00. The van der Waals surface area contributed by atoms with Gasteiger partial charge in [-0.25, -0.2) is 0 Å². The summed E-state index contributed by atoms with van der Waals surface area (Å²) in [5.74, 6) is 0.159. The van der Waals surface area contributed by atoms with Gasteiger partial charge in [0.25, 0.3) is 11.8 Å². The number of halogens is 1. The van der Waals surface area contributed by atoms with E-state index in [0.29, 0.717) is 17.1 Å². The van der Waals surface area contributed by atoms with Crippen LogP contribution in [0.3, 0.4) is 0 Å². The predicted octanol–water partition coefficient (Wildman–Crippen LogP) is 3.00. The Balaban J connectivity index is 1.68. The number of hydrogen-bond donors (Lipinski definition) is 2. The van der Waals surface area contributed by atoms with Crippen LogP contribution >= 0.6 is 15.9 Å². The molecule has 8 heteroatoms. The molecule has 0 spiro atoms. The van der Waals surface area contributed by atoms with E-state index in [-0.39, 0.29) is 24.8 Å². The average molecular weight is 433 g/mol. The van der Waals surface area contributed by atoms with Gasteiger partial charge in [-0.15, -0.1) is 0 Å². The third-order valence-corrected chi connectivity index (χ3v) is 4.40. The van der Waals surface area contributed by atoms with Crippen LogP contribution in [0.15, 0.2) is 51.4 Å². The zero-order chi connectivity index (χ0) is 19.4. The molecule has 27 heavy (non-hydrogen) atoms. The molecule has 3 N–H and O–H groups in total. The number of rotatable bonds is 7. The van der Waals surface area contributed by atoms with Gasteiger partial charge in [0.15, 0.2) is 23.9 Å². The molecule has 0 bridgehead atoms. The van der Waals surface area contributed by atoms with Crippen LogP contribution in [0, 0.1) is 0 Å². The summed E-state index contributed by atoms with van der Waals surface area (Å²) in [5, 5.41) is 3.64. The summed E-state index contributed by atoms with van der Waals surface area (Å²) in [4.78, 5) is 23.2. The lowest BCUT2D eigenvalue weighted by Gasteiger charge is -2.11. The van der Waals surface area contributed by atoms with Crippen molar-refractivity contribution in [1.29, 1.82) is 0 Å². The predicted molar refractivity (Wildman–Crippen MR) is 103 cm³/mol. The highest BCUT2D eigenvalue weighted by molar-refractivity contribution is 9.10. The van der Waals surface area contributed by atoms with Crippen LogP contribution in [0.25, 0.3) is 11.0 Å². The minimum absolute atomic E-state index is 0.227. The van der Waals surface area contributed by atoms with Crippen molar-refractivity contribution < 1.29 is 23.5 Å². The third kappa shape index (κ3) is 4.40. The quantitative estimate of drug-likeness (QED) is 0.596. The van der Waals surface area contributed by atoms with Crippen LogP contribution in [-0.4, -0.2) is 25.5 Å². The van der Waals surface area contributed by atoms with Gasteiger partial charge in [0, 0.05) is 11.9 Å². The molecule has 2 aromatic carbocycles. The summed E-state index contributed by atoms with van der Waals surface area (Å²) < 4.78 is 16.9. The van der Waals surface area contributed by atoms with Crippen LogP contribution in [0.5, 0.6) is 11.5 Å². The number of primary amides is 1. The van der Waals surface area contributed by atoms with Gasteiger partial charge in [-0.05, 0) is 45.8 Å². The number of fused-ring (bicyclic) bond motifs is 1. The average Bonchev–Trinajstić information content (AvgIpc) is 3.10. The molecule has 0 unspecified atom stereocenters. The first kappa shape index (κ1) is 18.8. The maximum Gasteiger partial charge on any atom is 0.287 e. The Morgan fingerprint density at radius 2 is 2.00 bits per heavy atom. The van der Waals surface area contributed by atoms with Crippen molar-refractivity contribution in [3.63, 3.8) is 0 Å². The van der Waals surface area contributed by atoms with Crippen molar-refractivity contribution in [3.05, 3.63) is 58.3 Å². The van der Waals surface area contributed by atoms with Crippen molar-refractivity contribution in [2.24, 2.45) is 5.73 Å². The molecule has 0 aliphatic carbocycles. The van der Waals surface area contributed by atoms with Crippen LogP contribution < -0.4 is 20.5 Å². The van der Waals surface area contributed by atoms with Crippen molar-refractivity contribution in [1.82, 2.24) is 5.32 Å². The summed E-state index contributed by atoms with van der Waals surface area (Å²) in [6.45, 7) is 0.0254. The number of nitrogens with one attached hydrogen (secondary N) is 1. The molecule has 0 aliphatic rings. The molecule has 3 aromatic rings. The van der Waals surface area contributed by atoms with Gasteiger partial charge >= 0.3 is 0 Å². The molecule has 3 rings (SSSR count). The largest absolute Gasteiger partial charge is 0.493 e. The highest BCUT2D eigenvalue weighted by Gasteiger charge is 2.14. The van der Waals surface area contributed by atoms with Gasteiger partial charge in [0.2, 0.25) is 0 Å². The SMILES string of the molecule is COc1cc(CNC(=O)c2cc3cccc(Br)c3o2)ccc1OCC(N)=O. The Morgan fingerprint density at radius 1 is 1.19 bits per heavy atom. The van der Waals surface area contributed by atoms with Gasteiger partial charge in [0.05, 0.1) is 11.6 Å². The van der Waals surface area contributed by atoms with Crippen LogP contribution in [0.4, 0.5) is 0 Å². The van der Waals surface area contributed by atoms with Crippen molar-refractivity contribution >= 4 is 38.7 Å². The topological polar surface area (TPSA) is 104 Å². The Kier molecular flexibility index (Phi) is 5.66. The fourth-order valence-corrected chi connectivity index (χ4v) is 2.96. The van der Waals surface area contributed by atoms with E-state index in [1.165, 1.54) is 7.11 Å². The summed E-state index contributed by atoms with van der Waals surface area (Å²) >= 11 is 3.40. The second-order valence-electron chi connectivity index (χ2n) is 5.69. The number of methoxy groups -OCH3 is 1. The lowest BCUT2D eigenvalue weighted by atomic mass is 10.2. The molecule has 1 aromatic heterocycles. The van der Waals surface area contributed by atoms with E-state index in [1.807, 2.05) is 18.2 Å². The number of nitrogens with two attached hydrogens (primary N) is 1. The highest BCUT2D eigenvalue weighted by atomic mass is 79.9. The Bertz CT molecular complexity index is 999. The first-order chi connectivity index (χ1) is 13.0. The van der Waals surface area contributed by atoms with E-state index in [2.05, 4.69) is 21.2 Å². The highest BCUT2D eigenvalue weighted by Crippen LogP contribution is 2.29. The first-order valence-corrected chi connectivity index (χ1v) is 8.81. The number of carbonyl (C=O) groups excluding carboxylic acids is 2. The monoisotopic (exact) mass is 432 g/mol. The van der Waals surface area contributed by atoms with Gasteiger partial charge in [-0.2, -0.15) is 0 Å². The second kappa shape index (κ2) is 8.13. The van der Waals surface area contributed by atoms with E-state index >= 15 is 0 Å². The minimum Gasteiger partial charge on any atom is -0.493 e. The molecule has 0 saturated carbocycles. The summed E-state index contributed by atoms with van der Waals surface area (Å²) in [5.41, 5.74) is 6.49. The summed E-state index contributed by atoms with van der Waals surface area (Å²) in [6.07, 6.45) is 0. The zero-order valence-corrected chi connectivity index (χ0v) is 16.0. The molecular formula is C19H17BrN2O5. The van der Waals surface area contributed by atoms with Gasteiger partial charge < -0.3 is 24.9 Å². The molecule has 0 saturated heterocycles. The lowest BCUT2D eigenvalue weighted by Crippen LogP contribution is -2.22. The minimum atomic E-state index is -0.578. The maximum absolute atomic E-state index is 12.4. The standard InChI is InChI=1S/C19H17BrN2O5/c1-25-15-7-11(5-6-14(15)26-10-17(21)23)9-22-19(24)16-8-12-3-2-4-13(20)18(12)27-16/h2-8H,9-10H2,1H3,(H2,21,23)(H,22,24). The maximum atomic E-state index is 12.4. The Morgan fingerprint density at radius 3 is 2.70 bits per heavy atom. The van der Waals surface area contributed by atoms with Gasteiger partial charge in [-0.3, -0.25) is 9.59 Å². The summed E-state index contributed by atoms with van der Waals surface area (Å²) in [7, 11) is 1.49. The van der Waals surface area contributed by atoms with E-state index in [9.17, 15) is 9.59 Å². The van der Waals surface area contributed by atoms with E-state index < -0.39 is 5.91 Å². The number of benzene rings is 2. The zero-order valence-electron chi connectivity index (χ0n) is 14.5. The second-order valence-corrected chi connectivity index (χ2v) is 6.55. The normalized spacial score (nSPS) is 10.6. The van der Waals surface area contributed by atoms with Crippen molar-refractivity contribution in [2.75, 3.05) is 13.7 Å². The number of carbonyl (C=O) groups is 2. The number of para-hydroxylation sites is 1. The number of furan rings is 1. The van der Waals surface area contributed by atoms with Crippen LogP contribution in [0.1, 0.15) is 16.1 Å². The molecule has 7 nitrogen and oxygen atoms in total. The first-order valence-electron chi connectivity index (χ1n) is 8.02. The number of ether oxygens (including phenoxy) is 2. The van der Waals surface area contributed by atoms with E-state index in [4.69, 9.17) is 19.6 Å². The molecule has 1 heterocycles. The van der Waals surface area contributed by atoms with E-state index in [0.717, 1.165) is 15.4 Å². The third-order valence-electron chi connectivity index (χ3n) is 3.77. The molecule has 2 amide bonds. The van der Waals surface area contributed by atoms with Crippen molar-refractivity contribution in [2.45, 2.75) is 6.54 Å². The van der Waals surface area contributed by atoms with Gasteiger partial charge in [0.1, 0.15) is 5.58 Å². The van der Waals surface area contributed by atoms with Crippen LogP contribution in [-0.2, 0) is 11.3 Å². The fraction of sp³-hybridized carbons (Fsp3) is 0.158. The number of hydrogen-bond acceptors (Lipinski definition) is 5. The molecule has 0 atom stereocenters. The van der Waals surface area contributed by atoms with Gasteiger partial charge in [-0.1, -0.05) is 18.2 Å². The van der Waals surface area contributed by atoms with Crippen molar-refractivity contribution in [3.8, 4) is 11.5 Å². The Labute approximate surface area is 163 Å². The molecular weight excluding hydrogens is 416 g/mol. The smallest absolute Gasteiger partial charge is 0.287 e. The van der Waals surface area contributed by atoms with E-state index in [1.54, 1.807) is 24.3 Å². The fourth-order valence-electron chi connectivity index (χ4n) is 2.50. The van der Waals surface area contributed by atoms with Crippen LogP contribution in [0.2, 0.25) is 0 Å². The summed E-state index contributed by atoms with van der Waals surface area (Å²) in [6, 6.07) is 12.4. The number of amides is 2. The molecule has 0 aliphatic heterocycles. The molecule has 0 fully saturated rings. The molecule has 0 radical (unpaired) electrons. The molecule has 140 valence electrons. The lowest BCUT2D eigenvalue weighted by molar-refractivity contribution is -0.119.